The van der Waals surface area contributed by atoms with Crippen molar-refractivity contribution < 1.29 is 9.13 Å². The second-order valence-electron chi connectivity index (χ2n) is 4.75. The molecule has 1 heterocycles. The number of hydrogen-bond acceptors (Lipinski definition) is 3. The van der Waals surface area contributed by atoms with Crippen LogP contribution in [0.15, 0.2) is 18.2 Å². The Morgan fingerprint density at radius 2 is 2.33 bits per heavy atom. The molecule has 2 rings (SSSR count). The molecule has 100 valence electrons. The van der Waals surface area contributed by atoms with E-state index >= 15 is 0 Å². The van der Waals surface area contributed by atoms with E-state index in [1.165, 1.54) is 0 Å². The summed E-state index contributed by atoms with van der Waals surface area (Å²) in [6.07, 6.45) is 0.138. The van der Waals surface area contributed by atoms with Crippen molar-refractivity contribution in [2.75, 3.05) is 38.1 Å². The molecular weight excluding hydrogens is 231 g/mol. The van der Waals surface area contributed by atoms with E-state index in [1.54, 1.807) is 12.1 Å². The SMILES string of the molecule is CCN1CCOC(CNc2ccc(C)cc2F)C1. The first kappa shape index (κ1) is 13.3. The number of benzene rings is 1. The first-order valence-electron chi connectivity index (χ1n) is 6.53. The highest BCUT2D eigenvalue weighted by atomic mass is 19.1. The van der Waals surface area contributed by atoms with Gasteiger partial charge in [0, 0.05) is 19.6 Å². The van der Waals surface area contributed by atoms with Crippen LogP contribution in [0.3, 0.4) is 0 Å². The number of nitrogens with one attached hydrogen (secondary N) is 1. The van der Waals surface area contributed by atoms with Gasteiger partial charge >= 0.3 is 0 Å². The molecule has 0 amide bonds. The molecule has 1 aliphatic rings. The fourth-order valence-corrected chi connectivity index (χ4v) is 2.18. The Balaban J connectivity index is 1.87. The molecule has 0 spiro atoms. The Morgan fingerprint density at radius 1 is 1.50 bits per heavy atom. The van der Waals surface area contributed by atoms with Gasteiger partial charge in [-0.15, -0.1) is 0 Å². The maximum absolute atomic E-state index is 13.6. The summed E-state index contributed by atoms with van der Waals surface area (Å²) in [7, 11) is 0. The van der Waals surface area contributed by atoms with Crippen LogP contribution in [0.5, 0.6) is 0 Å². The number of aryl methyl sites for hydroxylation is 1. The van der Waals surface area contributed by atoms with Crippen LogP contribution in [0.25, 0.3) is 0 Å². The minimum absolute atomic E-state index is 0.138. The van der Waals surface area contributed by atoms with Gasteiger partial charge < -0.3 is 10.1 Å². The van der Waals surface area contributed by atoms with Gasteiger partial charge in [0.2, 0.25) is 0 Å². The van der Waals surface area contributed by atoms with E-state index in [4.69, 9.17) is 4.74 Å². The maximum atomic E-state index is 13.6. The van der Waals surface area contributed by atoms with Crippen molar-refractivity contribution in [2.45, 2.75) is 20.0 Å². The molecule has 4 heteroatoms. The fourth-order valence-electron chi connectivity index (χ4n) is 2.18. The van der Waals surface area contributed by atoms with E-state index in [1.807, 2.05) is 13.0 Å². The lowest BCUT2D eigenvalue weighted by molar-refractivity contribution is -0.0192. The monoisotopic (exact) mass is 252 g/mol. The van der Waals surface area contributed by atoms with Crippen molar-refractivity contribution in [3.8, 4) is 0 Å². The third-order valence-electron chi connectivity index (χ3n) is 3.31. The summed E-state index contributed by atoms with van der Waals surface area (Å²) in [5, 5.41) is 3.13. The predicted octanol–water partition coefficient (Wildman–Crippen LogP) is 2.27. The second-order valence-corrected chi connectivity index (χ2v) is 4.75. The van der Waals surface area contributed by atoms with Gasteiger partial charge in [0.25, 0.3) is 0 Å². The van der Waals surface area contributed by atoms with Crippen LogP contribution in [0, 0.1) is 12.7 Å². The lowest BCUT2D eigenvalue weighted by Gasteiger charge is -2.32. The Labute approximate surface area is 108 Å². The van der Waals surface area contributed by atoms with Crippen molar-refractivity contribution >= 4 is 5.69 Å². The van der Waals surface area contributed by atoms with Crippen LogP contribution in [0.2, 0.25) is 0 Å². The highest BCUT2D eigenvalue weighted by molar-refractivity contribution is 5.46. The number of nitrogens with zero attached hydrogens (tertiary/aromatic N) is 1. The largest absolute Gasteiger partial charge is 0.380 e. The average molecular weight is 252 g/mol. The molecule has 1 fully saturated rings. The number of anilines is 1. The van der Waals surface area contributed by atoms with Crippen LogP contribution in [-0.4, -0.2) is 43.8 Å². The van der Waals surface area contributed by atoms with E-state index in [-0.39, 0.29) is 11.9 Å². The molecule has 1 aromatic carbocycles. The van der Waals surface area contributed by atoms with Crippen LogP contribution < -0.4 is 5.32 Å². The first-order valence-corrected chi connectivity index (χ1v) is 6.53. The van der Waals surface area contributed by atoms with Gasteiger partial charge in [-0.05, 0) is 31.2 Å². The number of rotatable bonds is 4. The minimum atomic E-state index is -0.196. The zero-order chi connectivity index (χ0) is 13.0. The van der Waals surface area contributed by atoms with Crippen LogP contribution in [-0.2, 0) is 4.74 Å². The van der Waals surface area contributed by atoms with Gasteiger partial charge in [0.15, 0.2) is 0 Å². The molecule has 1 saturated heterocycles. The molecule has 0 radical (unpaired) electrons. The summed E-state index contributed by atoms with van der Waals surface area (Å²) in [5.41, 5.74) is 1.49. The molecule has 0 aromatic heterocycles. The summed E-state index contributed by atoms with van der Waals surface area (Å²) >= 11 is 0. The Kier molecular flexibility index (Phi) is 4.55. The highest BCUT2D eigenvalue weighted by Gasteiger charge is 2.19. The minimum Gasteiger partial charge on any atom is -0.380 e. The molecule has 0 saturated carbocycles. The fraction of sp³-hybridized carbons (Fsp3) is 0.571. The molecular formula is C14H21FN2O. The summed E-state index contributed by atoms with van der Waals surface area (Å²) in [6.45, 7) is 8.39. The van der Waals surface area contributed by atoms with Crippen molar-refractivity contribution in [3.63, 3.8) is 0 Å². The van der Waals surface area contributed by atoms with Crippen molar-refractivity contribution in [1.29, 1.82) is 0 Å². The number of morpholine rings is 1. The molecule has 1 N–H and O–H groups in total. The van der Waals surface area contributed by atoms with Crippen LogP contribution >= 0.6 is 0 Å². The molecule has 1 aliphatic heterocycles. The molecule has 1 unspecified atom stereocenters. The van der Waals surface area contributed by atoms with Gasteiger partial charge in [0.05, 0.1) is 18.4 Å². The van der Waals surface area contributed by atoms with Gasteiger partial charge in [-0.1, -0.05) is 13.0 Å². The first-order chi connectivity index (χ1) is 8.69. The van der Waals surface area contributed by atoms with E-state index in [9.17, 15) is 4.39 Å². The smallest absolute Gasteiger partial charge is 0.146 e. The molecule has 0 aliphatic carbocycles. The molecule has 1 aromatic rings. The van der Waals surface area contributed by atoms with Gasteiger partial charge in [-0.3, -0.25) is 4.90 Å². The van der Waals surface area contributed by atoms with Crippen LogP contribution in [0.1, 0.15) is 12.5 Å². The van der Waals surface area contributed by atoms with Crippen molar-refractivity contribution in [2.24, 2.45) is 0 Å². The number of halogens is 1. The van der Waals surface area contributed by atoms with E-state index in [2.05, 4.69) is 17.1 Å². The third kappa shape index (κ3) is 3.43. The number of ether oxygens (including phenoxy) is 1. The van der Waals surface area contributed by atoms with Gasteiger partial charge in [-0.25, -0.2) is 4.39 Å². The molecule has 0 bridgehead atoms. The Hall–Kier alpha value is -1.13. The topological polar surface area (TPSA) is 24.5 Å². The zero-order valence-electron chi connectivity index (χ0n) is 11.1. The molecule has 1 atom stereocenters. The van der Waals surface area contributed by atoms with Gasteiger partial charge in [-0.2, -0.15) is 0 Å². The average Bonchev–Trinajstić information content (AvgIpc) is 2.38. The zero-order valence-corrected chi connectivity index (χ0v) is 11.1. The van der Waals surface area contributed by atoms with Gasteiger partial charge in [0.1, 0.15) is 5.82 Å². The number of hydrogen-bond donors (Lipinski definition) is 1. The van der Waals surface area contributed by atoms with Crippen LogP contribution in [0.4, 0.5) is 10.1 Å². The lowest BCUT2D eigenvalue weighted by atomic mass is 10.2. The lowest BCUT2D eigenvalue weighted by Crippen LogP contribution is -2.45. The summed E-state index contributed by atoms with van der Waals surface area (Å²) in [6, 6.07) is 5.24. The quantitative estimate of drug-likeness (QED) is 0.889. The standard InChI is InChI=1S/C14H21FN2O/c1-3-17-6-7-18-12(10-17)9-16-14-5-4-11(2)8-13(14)15/h4-5,8,12,16H,3,6-7,9-10H2,1-2H3. The molecule has 18 heavy (non-hydrogen) atoms. The van der Waals surface area contributed by atoms with E-state index < -0.39 is 0 Å². The maximum Gasteiger partial charge on any atom is 0.146 e. The third-order valence-corrected chi connectivity index (χ3v) is 3.31. The summed E-state index contributed by atoms with van der Waals surface area (Å²) in [4.78, 5) is 2.35. The highest BCUT2D eigenvalue weighted by Crippen LogP contribution is 2.16. The Morgan fingerprint density at radius 3 is 3.06 bits per heavy atom. The second kappa shape index (κ2) is 6.16. The normalized spacial score (nSPS) is 20.9. The predicted molar refractivity (Wildman–Crippen MR) is 71.5 cm³/mol. The summed E-state index contributed by atoms with van der Waals surface area (Å²) in [5.74, 6) is -0.196. The molecule has 3 nitrogen and oxygen atoms in total. The number of likely N-dealkylation sites (N-methyl/N-ethyl adjacent to an activating group) is 1. The van der Waals surface area contributed by atoms with Crippen molar-refractivity contribution in [1.82, 2.24) is 4.90 Å². The Bertz CT molecular complexity index is 397. The van der Waals surface area contributed by atoms with Crippen molar-refractivity contribution in [3.05, 3.63) is 29.6 Å². The summed E-state index contributed by atoms with van der Waals surface area (Å²) < 4.78 is 19.3. The van der Waals surface area contributed by atoms with E-state index in [0.717, 1.165) is 31.8 Å². The van der Waals surface area contributed by atoms with E-state index in [0.29, 0.717) is 12.2 Å².